The van der Waals surface area contributed by atoms with Gasteiger partial charge in [0.05, 0.1) is 17.8 Å². The molecule has 25 heavy (non-hydrogen) atoms. The number of nitrogens with zero attached hydrogens (tertiary/aromatic N) is 2. The van der Waals surface area contributed by atoms with Crippen molar-refractivity contribution in [3.63, 3.8) is 0 Å². The Hall–Kier alpha value is -2.59. The fourth-order valence-corrected chi connectivity index (χ4v) is 3.82. The number of amides is 1. The zero-order valence-electron chi connectivity index (χ0n) is 13.2. The number of non-ortho nitro benzene ring substituents is 1. The number of β-lactam (4-membered cyclic amide) rings is 1. The maximum absolute atomic E-state index is 12.4. The van der Waals surface area contributed by atoms with E-state index in [1.54, 1.807) is 0 Å². The third-order valence-electron chi connectivity index (χ3n) is 3.93. The van der Waals surface area contributed by atoms with Gasteiger partial charge < -0.3 is 15.2 Å². The van der Waals surface area contributed by atoms with Crippen molar-refractivity contribution in [2.75, 3.05) is 12.9 Å². The van der Waals surface area contributed by atoms with Gasteiger partial charge in [-0.3, -0.25) is 19.8 Å². The molecule has 1 amide bonds. The maximum atomic E-state index is 12.4. The first-order valence-corrected chi connectivity index (χ1v) is 8.36. The summed E-state index contributed by atoms with van der Waals surface area (Å²) in [6.07, 6.45) is 0. The first-order chi connectivity index (χ1) is 11.9. The molecule has 3 rings (SSSR count). The third kappa shape index (κ3) is 3.05. The van der Waals surface area contributed by atoms with Crippen LogP contribution in [0.1, 0.15) is 5.56 Å². The summed E-state index contributed by atoms with van der Waals surface area (Å²) in [5, 5.41) is 10.3. The smallest absolute Gasteiger partial charge is 0.358 e. The number of hydrogen-bond donors (Lipinski definition) is 1. The first kappa shape index (κ1) is 17.2. The molecule has 9 nitrogen and oxygen atoms in total. The molecule has 2 heterocycles. The molecule has 1 aromatic rings. The predicted octanol–water partition coefficient (Wildman–Crippen LogP) is 0.738. The number of methoxy groups -OCH3 is 1. The molecular weight excluding hydrogens is 350 g/mol. The van der Waals surface area contributed by atoms with Crippen LogP contribution in [0.3, 0.4) is 0 Å². The Morgan fingerprint density at radius 1 is 1.44 bits per heavy atom. The van der Waals surface area contributed by atoms with Gasteiger partial charge in [-0.05, 0) is 17.7 Å². The molecule has 0 spiro atoms. The Kier molecular flexibility index (Phi) is 4.64. The highest BCUT2D eigenvalue weighted by Crippen LogP contribution is 2.39. The molecule has 2 N–H and O–H groups in total. The Labute approximate surface area is 146 Å². The van der Waals surface area contributed by atoms with E-state index in [2.05, 4.69) is 0 Å². The van der Waals surface area contributed by atoms with Gasteiger partial charge in [0, 0.05) is 12.1 Å². The minimum Gasteiger partial charge on any atom is -0.498 e. The van der Waals surface area contributed by atoms with Crippen LogP contribution >= 0.6 is 11.8 Å². The van der Waals surface area contributed by atoms with E-state index < -0.39 is 16.9 Å². The van der Waals surface area contributed by atoms with E-state index in [9.17, 15) is 19.7 Å². The number of fused-ring (bicyclic) bond motifs is 1. The van der Waals surface area contributed by atoms with Crippen molar-refractivity contribution in [2.24, 2.45) is 5.73 Å². The number of ether oxygens (including phenoxy) is 2. The van der Waals surface area contributed by atoms with E-state index in [4.69, 9.17) is 15.2 Å². The lowest BCUT2D eigenvalue weighted by Crippen LogP contribution is -2.68. The van der Waals surface area contributed by atoms with Crippen molar-refractivity contribution in [1.82, 2.24) is 4.90 Å². The van der Waals surface area contributed by atoms with E-state index in [0.29, 0.717) is 17.1 Å². The summed E-state index contributed by atoms with van der Waals surface area (Å²) in [6.45, 7) is -0.0801. The van der Waals surface area contributed by atoms with Crippen LogP contribution in [-0.4, -0.2) is 46.0 Å². The number of nitro benzene ring substituents is 1. The van der Waals surface area contributed by atoms with Crippen molar-refractivity contribution in [1.29, 1.82) is 0 Å². The van der Waals surface area contributed by atoms with Gasteiger partial charge in [0.1, 0.15) is 23.8 Å². The van der Waals surface area contributed by atoms with Gasteiger partial charge in [0.25, 0.3) is 5.69 Å². The van der Waals surface area contributed by atoms with E-state index in [1.165, 1.54) is 48.0 Å². The van der Waals surface area contributed by atoms with Gasteiger partial charge in [-0.2, -0.15) is 0 Å². The Morgan fingerprint density at radius 2 is 2.12 bits per heavy atom. The van der Waals surface area contributed by atoms with E-state index in [0.717, 1.165) is 0 Å². The van der Waals surface area contributed by atoms with Crippen LogP contribution in [0.5, 0.6) is 0 Å². The summed E-state index contributed by atoms with van der Waals surface area (Å²) >= 11 is 1.42. The second-order valence-corrected chi connectivity index (χ2v) is 6.52. The Balaban J connectivity index is 1.72. The van der Waals surface area contributed by atoms with Crippen molar-refractivity contribution in [3.8, 4) is 0 Å². The summed E-state index contributed by atoms with van der Waals surface area (Å²) in [5.74, 6) is -0.273. The zero-order valence-corrected chi connectivity index (χ0v) is 14.0. The number of carbonyl (C=O) groups excluding carboxylic acids is 2. The summed E-state index contributed by atoms with van der Waals surface area (Å²) in [6, 6.07) is 5.02. The molecule has 0 radical (unpaired) electrons. The summed E-state index contributed by atoms with van der Waals surface area (Å²) in [7, 11) is 1.42. The van der Waals surface area contributed by atoms with Gasteiger partial charge >= 0.3 is 5.97 Å². The fraction of sp³-hybridized carbons (Fsp3) is 0.333. The van der Waals surface area contributed by atoms with Crippen molar-refractivity contribution in [2.45, 2.75) is 18.0 Å². The Morgan fingerprint density at radius 3 is 2.72 bits per heavy atom. The molecule has 2 unspecified atom stereocenters. The molecule has 0 aliphatic carbocycles. The standard InChI is InChI=1S/C15H15N3O6S/c1-23-10-7-25-14-11(16)13(19)17(14)12(10)15(20)24-6-8-2-4-9(5-3-8)18(21)22/h2-5,11,14H,6-7,16H2,1H3. The largest absolute Gasteiger partial charge is 0.498 e. The number of carbonyl (C=O) groups is 2. The van der Waals surface area contributed by atoms with Crippen LogP contribution in [0.2, 0.25) is 0 Å². The number of benzene rings is 1. The molecule has 0 aromatic heterocycles. The monoisotopic (exact) mass is 365 g/mol. The Bertz CT molecular complexity index is 763. The molecule has 2 atom stereocenters. The zero-order chi connectivity index (χ0) is 18.1. The van der Waals surface area contributed by atoms with Gasteiger partial charge in [0.15, 0.2) is 5.70 Å². The average molecular weight is 365 g/mol. The van der Waals surface area contributed by atoms with E-state index in [1.807, 2.05) is 0 Å². The number of nitrogens with two attached hydrogens (primary N) is 1. The van der Waals surface area contributed by atoms with Crippen LogP contribution in [0.25, 0.3) is 0 Å². The number of nitro groups is 1. The highest BCUT2D eigenvalue weighted by molar-refractivity contribution is 8.00. The minimum atomic E-state index is -0.694. The minimum absolute atomic E-state index is 0.0493. The average Bonchev–Trinajstić information content (AvgIpc) is 2.64. The van der Waals surface area contributed by atoms with Crippen LogP contribution in [0, 0.1) is 10.1 Å². The van der Waals surface area contributed by atoms with Crippen molar-refractivity contribution < 1.29 is 24.0 Å². The summed E-state index contributed by atoms with van der Waals surface area (Å²) in [5.41, 5.74) is 6.36. The number of hydrogen-bond acceptors (Lipinski definition) is 8. The van der Waals surface area contributed by atoms with E-state index in [-0.39, 0.29) is 29.3 Å². The van der Waals surface area contributed by atoms with Crippen LogP contribution in [-0.2, 0) is 25.7 Å². The molecule has 0 saturated carbocycles. The lowest BCUT2D eigenvalue weighted by molar-refractivity contribution is -0.384. The van der Waals surface area contributed by atoms with Crippen LogP contribution in [0.15, 0.2) is 35.7 Å². The van der Waals surface area contributed by atoms with Gasteiger partial charge in [0.2, 0.25) is 5.91 Å². The van der Waals surface area contributed by atoms with Gasteiger partial charge in [-0.25, -0.2) is 4.79 Å². The van der Waals surface area contributed by atoms with Crippen molar-refractivity contribution >= 4 is 29.3 Å². The lowest BCUT2D eigenvalue weighted by atomic mass is 10.1. The second-order valence-electron chi connectivity index (χ2n) is 5.41. The predicted molar refractivity (Wildman–Crippen MR) is 88.0 cm³/mol. The maximum Gasteiger partial charge on any atom is 0.358 e. The molecule has 10 heteroatoms. The van der Waals surface area contributed by atoms with Crippen molar-refractivity contribution in [3.05, 3.63) is 51.4 Å². The highest BCUT2D eigenvalue weighted by Gasteiger charge is 2.52. The highest BCUT2D eigenvalue weighted by atomic mass is 32.2. The number of rotatable bonds is 5. The molecule has 2 aliphatic rings. The van der Waals surface area contributed by atoms with Crippen LogP contribution in [0.4, 0.5) is 5.69 Å². The number of thioether (sulfide) groups is 1. The molecule has 2 aliphatic heterocycles. The molecule has 132 valence electrons. The normalized spacial score (nSPS) is 22.2. The third-order valence-corrected chi connectivity index (χ3v) is 5.21. The molecule has 0 bridgehead atoms. The van der Waals surface area contributed by atoms with Gasteiger partial charge in [-0.1, -0.05) is 0 Å². The quantitative estimate of drug-likeness (QED) is 0.350. The van der Waals surface area contributed by atoms with Crippen LogP contribution < -0.4 is 5.73 Å². The summed E-state index contributed by atoms with van der Waals surface area (Å²) in [4.78, 5) is 35.8. The SMILES string of the molecule is COC1=C(C(=O)OCc2ccc([N+](=O)[O-])cc2)N2C(=O)C(N)C2SC1. The first-order valence-electron chi connectivity index (χ1n) is 7.32. The molecule has 1 saturated heterocycles. The van der Waals surface area contributed by atoms with E-state index >= 15 is 0 Å². The molecule has 1 aromatic carbocycles. The fourth-order valence-electron chi connectivity index (χ4n) is 2.56. The number of esters is 1. The molecule has 1 fully saturated rings. The lowest BCUT2D eigenvalue weighted by Gasteiger charge is -2.47. The van der Waals surface area contributed by atoms with Gasteiger partial charge in [-0.15, -0.1) is 11.8 Å². The second kappa shape index (κ2) is 6.73. The molecular formula is C15H15N3O6S. The summed E-state index contributed by atoms with van der Waals surface area (Å²) < 4.78 is 10.4. The topological polar surface area (TPSA) is 125 Å².